The summed E-state index contributed by atoms with van der Waals surface area (Å²) < 4.78 is 53.5. The minimum absolute atomic E-state index is 0.0374. The van der Waals surface area contributed by atoms with Crippen LogP contribution in [0.1, 0.15) is 46.8 Å². The molecule has 0 aliphatic heterocycles. The average Bonchev–Trinajstić information content (AvgIpc) is 2.76. The number of carbonyl (C=O) groups excluding carboxylic acids is 1. The van der Waals surface area contributed by atoms with Crippen molar-refractivity contribution in [3.8, 4) is 11.5 Å². The summed E-state index contributed by atoms with van der Waals surface area (Å²) in [5, 5.41) is 0. The highest BCUT2D eigenvalue weighted by molar-refractivity contribution is 5.99. The molecule has 0 aromatic heterocycles. The molecular weight excluding hydrogens is 405 g/mol. The van der Waals surface area contributed by atoms with E-state index in [1.807, 2.05) is 6.07 Å². The van der Waals surface area contributed by atoms with E-state index < -0.39 is 23.3 Å². The summed E-state index contributed by atoms with van der Waals surface area (Å²) in [6.45, 7) is 1.66. The molecule has 0 radical (unpaired) electrons. The van der Waals surface area contributed by atoms with Gasteiger partial charge in [-0.15, -0.1) is 0 Å². The van der Waals surface area contributed by atoms with Crippen LogP contribution in [0.15, 0.2) is 72.8 Å². The van der Waals surface area contributed by atoms with Crippen LogP contribution >= 0.6 is 0 Å². The molecule has 0 N–H and O–H groups in total. The summed E-state index contributed by atoms with van der Waals surface area (Å²) in [5.74, 6) is -1.25. The monoisotopic (exact) mass is 428 g/mol. The Morgan fingerprint density at radius 3 is 1.87 bits per heavy atom. The first kappa shape index (κ1) is 22.4. The van der Waals surface area contributed by atoms with Crippen LogP contribution in [0.4, 0.5) is 13.2 Å². The van der Waals surface area contributed by atoms with Crippen LogP contribution in [-0.2, 0) is 19.4 Å². The van der Waals surface area contributed by atoms with E-state index in [1.54, 1.807) is 61.5 Å². The lowest BCUT2D eigenvalue weighted by Gasteiger charge is -2.21. The minimum Gasteiger partial charge on any atom is -0.488 e. The number of hydrogen-bond donors (Lipinski definition) is 0. The van der Waals surface area contributed by atoms with Crippen molar-refractivity contribution in [1.29, 1.82) is 0 Å². The van der Waals surface area contributed by atoms with E-state index in [9.17, 15) is 18.0 Å². The molecule has 162 valence electrons. The topological polar surface area (TPSA) is 35.5 Å². The molecular formula is C25H23F3O3. The third-order valence-corrected chi connectivity index (χ3v) is 4.64. The van der Waals surface area contributed by atoms with Crippen LogP contribution in [0.5, 0.6) is 11.5 Å². The molecule has 0 bridgehead atoms. The van der Waals surface area contributed by atoms with Gasteiger partial charge in [0.2, 0.25) is 0 Å². The Labute approximate surface area is 179 Å². The largest absolute Gasteiger partial charge is 0.488 e. The van der Waals surface area contributed by atoms with Gasteiger partial charge in [-0.05, 0) is 29.7 Å². The number of carbonyl (C=O) groups is 1. The second-order valence-electron chi connectivity index (χ2n) is 7.03. The Balaban J connectivity index is 2.01. The van der Waals surface area contributed by atoms with E-state index >= 15 is 0 Å². The van der Waals surface area contributed by atoms with Gasteiger partial charge < -0.3 is 9.47 Å². The molecule has 3 nitrogen and oxygen atoms in total. The van der Waals surface area contributed by atoms with E-state index in [4.69, 9.17) is 9.47 Å². The van der Waals surface area contributed by atoms with Gasteiger partial charge in [0.25, 0.3) is 0 Å². The van der Waals surface area contributed by atoms with Crippen molar-refractivity contribution in [2.75, 3.05) is 0 Å². The van der Waals surface area contributed by atoms with Crippen molar-refractivity contribution in [3.63, 3.8) is 0 Å². The molecule has 6 heteroatoms. The lowest BCUT2D eigenvalue weighted by Crippen LogP contribution is -2.15. The first-order chi connectivity index (χ1) is 14.9. The molecule has 0 heterocycles. The highest BCUT2D eigenvalue weighted by Crippen LogP contribution is 2.45. The van der Waals surface area contributed by atoms with Gasteiger partial charge in [0.1, 0.15) is 30.3 Å². The third kappa shape index (κ3) is 5.87. The second-order valence-corrected chi connectivity index (χ2v) is 7.03. The van der Waals surface area contributed by atoms with Crippen LogP contribution in [-0.4, -0.2) is 5.78 Å². The Morgan fingerprint density at radius 2 is 1.35 bits per heavy atom. The van der Waals surface area contributed by atoms with Crippen molar-refractivity contribution in [3.05, 3.63) is 95.1 Å². The van der Waals surface area contributed by atoms with E-state index in [0.717, 1.165) is 5.56 Å². The first-order valence-electron chi connectivity index (χ1n) is 10.0. The number of ketones is 1. The molecule has 3 aromatic rings. The zero-order valence-electron chi connectivity index (χ0n) is 17.1. The van der Waals surface area contributed by atoms with Crippen LogP contribution in [0.25, 0.3) is 0 Å². The van der Waals surface area contributed by atoms with E-state index in [1.165, 1.54) is 12.1 Å². The van der Waals surface area contributed by atoms with E-state index in [-0.39, 0.29) is 30.9 Å². The molecule has 31 heavy (non-hydrogen) atoms. The number of alkyl halides is 3. The Kier molecular flexibility index (Phi) is 7.34. The fraction of sp³-hybridized carbons (Fsp3) is 0.240. The highest BCUT2D eigenvalue weighted by Gasteiger charge is 2.40. The van der Waals surface area contributed by atoms with Crippen molar-refractivity contribution in [2.45, 2.75) is 39.2 Å². The van der Waals surface area contributed by atoms with Gasteiger partial charge in [0.15, 0.2) is 5.78 Å². The SMILES string of the molecule is CCCC(=O)c1ccc(OCc2ccccc2)c(C(F)(F)F)c1OCc1ccccc1. The second kappa shape index (κ2) is 10.2. The Hall–Kier alpha value is -3.28. The smallest absolute Gasteiger partial charge is 0.423 e. The maximum absolute atomic E-state index is 14.1. The summed E-state index contributed by atoms with van der Waals surface area (Å²) in [6.07, 6.45) is -4.12. The number of rotatable bonds is 9. The fourth-order valence-electron chi connectivity index (χ4n) is 3.15. The van der Waals surface area contributed by atoms with Crippen molar-refractivity contribution in [2.24, 2.45) is 0 Å². The van der Waals surface area contributed by atoms with Gasteiger partial charge in [-0.1, -0.05) is 67.6 Å². The molecule has 0 amide bonds. The minimum atomic E-state index is -4.76. The van der Waals surface area contributed by atoms with E-state index in [0.29, 0.717) is 12.0 Å². The van der Waals surface area contributed by atoms with Gasteiger partial charge in [-0.25, -0.2) is 0 Å². The van der Waals surface area contributed by atoms with Gasteiger partial charge in [-0.3, -0.25) is 4.79 Å². The van der Waals surface area contributed by atoms with Gasteiger partial charge >= 0.3 is 6.18 Å². The predicted molar refractivity (Wildman–Crippen MR) is 112 cm³/mol. The van der Waals surface area contributed by atoms with Crippen molar-refractivity contribution in [1.82, 2.24) is 0 Å². The third-order valence-electron chi connectivity index (χ3n) is 4.64. The number of hydrogen-bond acceptors (Lipinski definition) is 3. The van der Waals surface area contributed by atoms with E-state index in [2.05, 4.69) is 0 Å². The molecule has 0 atom stereocenters. The Bertz CT molecular complexity index is 1000. The normalized spacial score (nSPS) is 11.2. The molecule has 0 aliphatic rings. The molecule has 0 unspecified atom stereocenters. The Morgan fingerprint density at radius 1 is 0.806 bits per heavy atom. The van der Waals surface area contributed by atoms with Crippen molar-refractivity contribution < 1.29 is 27.4 Å². The van der Waals surface area contributed by atoms with Crippen LogP contribution in [0, 0.1) is 0 Å². The maximum atomic E-state index is 14.1. The predicted octanol–water partition coefficient (Wildman–Crippen LogP) is 6.85. The number of Topliss-reactive ketones (excluding diaryl/α,β-unsaturated/α-hetero) is 1. The van der Waals surface area contributed by atoms with Crippen molar-refractivity contribution >= 4 is 5.78 Å². The standard InChI is InChI=1S/C25H23F3O3/c1-2-9-21(29)20-14-15-22(30-16-18-10-5-3-6-11-18)23(25(26,27)28)24(20)31-17-19-12-7-4-8-13-19/h3-8,10-15H,2,9,16-17H2,1H3. The quantitative estimate of drug-likeness (QED) is 0.350. The lowest BCUT2D eigenvalue weighted by atomic mass is 10.0. The number of ether oxygens (including phenoxy) is 2. The maximum Gasteiger partial charge on any atom is 0.423 e. The molecule has 0 aliphatic carbocycles. The first-order valence-corrected chi connectivity index (χ1v) is 10.0. The van der Waals surface area contributed by atoms with Gasteiger partial charge in [-0.2, -0.15) is 13.2 Å². The molecule has 0 spiro atoms. The molecule has 3 aromatic carbocycles. The molecule has 3 rings (SSSR count). The summed E-state index contributed by atoms with van der Waals surface area (Å²) in [5.41, 5.74) is 0.270. The number of halogens is 3. The van der Waals surface area contributed by atoms with Gasteiger partial charge in [0.05, 0.1) is 5.56 Å². The van der Waals surface area contributed by atoms with Crippen LogP contribution in [0.3, 0.4) is 0 Å². The van der Waals surface area contributed by atoms with Crippen LogP contribution < -0.4 is 9.47 Å². The zero-order chi connectivity index (χ0) is 22.3. The summed E-state index contributed by atoms with van der Waals surface area (Å²) in [4.78, 5) is 12.6. The van der Waals surface area contributed by atoms with Crippen LogP contribution in [0.2, 0.25) is 0 Å². The molecule has 0 saturated carbocycles. The lowest BCUT2D eigenvalue weighted by molar-refractivity contribution is -0.140. The van der Waals surface area contributed by atoms with Gasteiger partial charge in [0, 0.05) is 6.42 Å². The summed E-state index contributed by atoms with van der Waals surface area (Å²) in [7, 11) is 0. The zero-order valence-corrected chi connectivity index (χ0v) is 17.1. The molecule has 0 saturated heterocycles. The fourth-order valence-corrected chi connectivity index (χ4v) is 3.15. The highest BCUT2D eigenvalue weighted by atomic mass is 19.4. The molecule has 0 fully saturated rings. The summed E-state index contributed by atoms with van der Waals surface area (Å²) >= 11 is 0. The number of benzene rings is 3. The average molecular weight is 428 g/mol. The summed E-state index contributed by atoms with van der Waals surface area (Å²) in [6, 6.07) is 20.3.